The molecule has 0 saturated carbocycles. The maximum absolute atomic E-state index is 6.15. The highest BCUT2D eigenvalue weighted by Crippen LogP contribution is 2.26. The molecule has 0 amide bonds. The van der Waals surface area contributed by atoms with Gasteiger partial charge in [0.15, 0.2) is 0 Å². The number of rotatable bonds is 4. The molecular formula is C13H14Cl2N2. The van der Waals surface area contributed by atoms with Gasteiger partial charge in [-0.15, -0.1) is 0 Å². The molecule has 0 atom stereocenters. The Hall–Kier alpha value is -0.960. The average molecular weight is 269 g/mol. The molecular weight excluding hydrogens is 255 g/mol. The molecule has 0 aliphatic rings. The van der Waals surface area contributed by atoms with Gasteiger partial charge in [-0.1, -0.05) is 35.3 Å². The Morgan fingerprint density at radius 3 is 2.76 bits per heavy atom. The van der Waals surface area contributed by atoms with E-state index in [1.54, 1.807) is 6.07 Å². The lowest BCUT2D eigenvalue weighted by Gasteiger charge is -2.06. The van der Waals surface area contributed by atoms with Gasteiger partial charge in [0, 0.05) is 18.9 Å². The first kappa shape index (κ1) is 12.5. The highest BCUT2D eigenvalue weighted by molar-refractivity contribution is 6.42. The van der Waals surface area contributed by atoms with Crippen LogP contribution in [0.3, 0.4) is 0 Å². The smallest absolute Gasteiger partial charge is 0.0642 e. The van der Waals surface area contributed by atoms with Crippen molar-refractivity contribution in [3.05, 3.63) is 57.8 Å². The van der Waals surface area contributed by atoms with Crippen molar-refractivity contribution in [1.29, 1.82) is 0 Å². The van der Waals surface area contributed by atoms with Crippen LogP contribution < -0.4 is 5.73 Å². The fraction of sp³-hybridized carbons (Fsp3) is 0.231. The number of aromatic nitrogens is 1. The van der Waals surface area contributed by atoms with E-state index in [1.165, 1.54) is 5.56 Å². The molecule has 0 bridgehead atoms. The Bertz CT molecular complexity index is 506. The quantitative estimate of drug-likeness (QED) is 0.906. The SMILES string of the molecule is NCCc1ccn(Cc2cccc(Cl)c2Cl)c1. The average Bonchev–Trinajstić information content (AvgIpc) is 2.73. The van der Waals surface area contributed by atoms with Gasteiger partial charge in [-0.3, -0.25) is 0 Å². The molecule has 0 aliphatic carbocycles. The van der Waals surface area contributed by atoms with E-state index < -0.39 is 0 Å². The van der Waals surface area contributed by atoms with Crippen LogP contribution in [0.2, 0.25) is 10.0 Å². The largest absolute Gasteiger partial charge is 0.350 e. The van der Waals surface area contributed by atoms with Gasteiger partial charge in [-0.25, -0.2) is 0 Å². The number of benzene rings is 1. The molecule has 90 valence electrons. The van der Waals surface area contributed by atoms with Gasteiger partial charge >= 0.3 is 0 Å². The van der Waals surface area contributed by atoms with Crippen LogP contribution in [-0.4, -0.2) is 11.1 Å². The Morgan fingerprint density at radius 1 is 1.18 bits per heavy atom. The summed E-state index contributed by atoms with van der Waals surface area (Å²) in [6.07, 6.45) is 5.02. The molecule has 0 spiro atoms. The maximum Gasteiger partial charge on any atom is 0.0642 e. The van der Waals surface area contributed by atoms with Gasteiger partial charge in [0.25, 0.3) is 0 Å². The van der Waals surface area contributed by atoms with Gasteiger partial charge in [0.2, 0.25) is 0 Å². The molecule has 0 fully saturated rings. The molecule has 0 saturated heterocycles. The lowest BCUT2D eigenvalue weighted by molar-refractivity contribution is 0.800. The Kier molecular flexibility index (Phi) is 4.11. The van der Waals surface area contributed by atoms with Crippen LogP contribution >= 0.6 is 23.2 Å². The van der Waals surface area contributed by atoms with Crippen LogP contribution in [0, 0.1) is 0 Å². The van der Waals surface area contributed by atoms with E-state index in [4.69, 9.17) is 28.9 Å². The van der Waals surface area contributed by atoms with Crippen LogP contribution in [0.4, 0.5) is 0 Å². The molecule has 17 heavy (non-hydrogen) atoms. The molecule has 2 nitrogen and oxygen atoms in total. The standard InChI is InChI=1S/C13H14Cl2N2/c14-12-3-1-2-11(13(12)15)9-17-7-5-10(8-17)4-6-16/h1-3,5,7-8H,4,6,9,16H2. The number of hydrogen-bond acceptors (Lipinski definition) is 1. The van der Waals surface area contributed by atoms with E-state index in [0.717, 1.165) is 18.5 Å². The first-order valence-corrected chi connectivity index (χ1v) is 6.24. The van der Waals surface area contributed by atoms with Crippen LogP contribution in [-0.2, 0) is 13.0 Å². The fourth-order valence-electron chi connectivity index (χ4n) is 1.77. The normalized spacial score (nSPS) is 10.8. The van der Waals surface area contributed by atoms with E-state index in [-0.39, 0.29) is 0 Å². The first-order valence-electron chi connectivity index (χ1n) is 5.48. The second-order valence-corrected chi connectivity index (χ2v) is 4.73. The summed E-state index contributed by atoms with van der Waals surface area (Å²) in [5.74, 6) is 0. The zero-order valence-corrected chi connectivity index (χ0v) is 10.9. The third-order valence-electron chi connectivity index (χ3n) is 2.63. The van der Waals surface area contributed by atoms with Crippen LogP contribution in [0.5, 0.6) is 0 Å². The molecule has 0 unspecified atom stereocenters. The molecule has 2 rings (SSSR count). The second kappa shape index (κ2) is 5.58. The molecule has 0 aliphatic heterocycles. The predicted molar refractivity (Wildman–Crippen MR) is 72.8 cm³/mol. The van der Waals surface area contributed by atoms with Crippen LogP contribution in [0.15, 0.2) is 36.7 Å². The van der Waals surface area contributed by atoms with Crippen molar-refractivity contribution in [3.63, 3.8) is 0 Å². The lowest BCUT2D eigenvalue weighted by atomic mass is 10.2. The van der Waals surface area contributed by atoms with Crippen molar-refractivity contribution in [2.75, 3.05) is 6.54 Å². The van der Waals surface area contributed by atoms with Crippen molar-refractivity contribution in [3.8, 4) is 0 Å². The lowest BCUT2D eigenvalue weighted by Crippen LogP contribution is -2.02. The minimum Gasteiger partial charge on any atom is -0.350 e. The molecule has 2 aromatic rings. The number of nitrogens with zero attached hydrogens (tertiary/aromatic N) is 1. The Labute approximate surface area is 111 Å². The fourth-order valence-corrected chi connectivity index (χ4v) is 2.15. The summed E-state index contributed by atoms with van der Waals surface area (Å²) in [4.78, 5) is 0. The molecule has 4 heteroatoms. The highest BCUT2D eigenvalue weighted by atomic mass is 35.5. The van der Waals surface area contributed by atoms with Crippen molar-refractivity contribution < 1.29 is 0 Å². The predicted octanol–water partition coefficient (Wildman–Crippen LogP) is 3.34. The van der Waals surface area contributed by atoms with Gasteiger partial charge in [0.05, 0.1) is 10.0 Å². The first-order chi connectivity index (χ1) is 8.20. The molecule has 1 heterocycles. The monoisotopic (exact) mass is 268 g/mol. The summed E-state index contributed by atoms with van der Waals surface area (Å²) in [5.41, 5.74) is 7.78. The van der Waals surface area contributed by atoms with E-state index in [1.807, 2.05) is 18.3 Å². The number of hydrogen-bond donors (Lipinski definition) is 1. The summed E-state index contributed by atoms with van der Waals surface area (Å²) in [7, 11) is 0. The van der Waals surface area contributed by atoms with E-state index >= 15 is 0 Å². The summed E-state index contributed by atoms with van der Waals surface area (Å²) < 4.78 is 2.09. The molecule has 0 radical (unpaired) electrons. The minimum atomic E-state index is 0.596. The summed E-state index contributed by atoms with van der Waals surface area (Å²) in [6, 6.07) is 7.76. The molecule has 2 N–H and O–H groups in total. The van der Waals surface area contributed by atoms with E-state index in [9.17, 15) is 0 Å². The molecule has 1 aromatic heterocycles. The van der Waals surface area contributed by atoms with Crippen molar-refractivity contribution in [1.82, 2.24) is 4.57 Å². The van der Waals surface area contributed by atoms with Crippen molar-refractivity contribution >= 4 is 23.2 Å². The van der Waals surface area contributed by atoms with Gasteiger partial charge < -0.3 is 10.3 Å². The number of nitrogens with two attached hydrogens (primary N) is 1. The zero-order valence-electron chi connectivity index (χ0n) is 9.37. The summed E-state index contributed by atoms with van der Waals surface area (Å²) in [6.45, 7) is 1.39. The Morgan fingerprint density at radius 2 is 2.00 bits per heavy atom. The van der Waals surface area contributed by atoms with Crippen LogP contribution in [0.25, 0.3) is 0 Å². The second-order valence-electron chi connectivity index (χ2n) is 3.94. The maximum atomic E-state index is 6.15. The Balaban J connectivity index is 2.16. The van der Waals surface area contributed by atoms with Gasteiger partial charge in [-0.2, -0.15) is 0 Å². The third-order valence-corrected chi connectivity index (χ3v) is 3.49. The van der Waals surface area contributed by atoms with Crippen molar-refractivity contribution in [2.24, 2.45) is 5.73 Å². The summed E-state index contributed by atoms with van der Waals surface area (Å²) >= 11 is 12.1. The zero-order chi connectivity index (χ0) is 12.3. The van der Waals surface area contributed by atoms with E-state index in [0.29, 0.717) is 16.6 Å². The number of halogens is 2. The van der Waals surface area contributed by atoms with Crippen molar-refractivity contribution in [2.45, 2.75) is 13.0 Å². The highest BCUT2D eigenvalue weighted by Gasteiger charge is 2.05. The minimum absolute atomic E-state index is 0.596. The topological polar surface area (TPSA) is 30.9 Å². The van der Waals surface area contributed by atoms with Crippen LogP contribution in [0.1, 0.15) is 11.1 Å². The molecule has 1 aromatic carbocycles. The van der Waals surface area contributed by atoms with E-state index in [2.05, 4.69) is 16.8 Å². The summed E-state index contributed by atoms with van der Waals surface area (Å²) in [5, 5.41) is 1.22. The van der Waals surface area contributed by atoms with Gasteiger partial charge in [0.1, 0.15) is 0 Å². The van der Waals surface area contributed by atoms with Gasteiger partial charge in [-0.05, 0) is 36.2 Å². The third kappa shape index (κ3) is 3.03.